The summed E-state index contributed by atoms with van der Waals surface area (Å²) in [5.74, 6) is -0.496. The van der Waals surface area contributed by atoms with Crippen molar-refractivity contribution in [3.63, 3.8) is 0 Å². The number of halogens is 5. The van der Waals surface area contributed by atoms with Crippen molar-refractivity contribution in [3.8, 4) is 0 Å². The topological polar surface area (TPSA) is 54.0 Å². The van der Waals surface area contributed by atoms with Crippen LogP contribution in [0.15, 0.2) is 66.9 Å². The Labute approximate surface area is 218 Å². The Morgan fingerprint density at radius 2 is 1.68 bits per heavy atom. The Balaban J connectivity index is 1.84. The van der Waals surface area contributed by atoms with Gasteiger partial charge in [0.05, 0.1) is 16.3 Å². The summed E-state index contributed by atoms with van der Waals surface area (Å²) in [7, 11) is 0. The number of nitrogens with zero attached hydrogens (tertiary/aromatic N) is 1. The lowest BCUT2D eigenvalue weighted by Gasteiger charge is -2.37. The van der Waals surface area contributed by atoms with E-state index < -0.39 is 29.1 Å². The lowest BCUT2D eigenvalue weighted by atomic mass is 9.79. The summed E-state index contributed by atoms with van der Waals surface area (Å²) >= 11 is 6.05. The molecule has 2 amide bonds. The van der Waals surface area contributed by atoms with Gasteiger partial charge in [-0.15, -0.1) is 0 Å². The molecule has 1 aliphatic carbocycles. The molecule has 0 aliphatic heterocycles. The van der Waals surface area contributed by atoms with Gasteiger partial charge in [-0.3, -0.25) is 4.98 Å². The van der Waals surface area contributed by atoms with Gasteiger partial charge in [-0.1, -0.05) is 48.9 Å². The minimum Gasteiger partial charge on any atom is -0.335 e. The van der Waals surface area contributed by atoms with Crippen LogP contribution in [0.3, 0.4) is 0 Å². The number of benzene rings is 2. The highest BCUT2D eigenvalue weighted by atomic mass is 35.5. The first-order valence-corrected chi connectivity index (χ1v) is 12.6. The molecule has 1 heterocycles. The first-order valence-electron chi connectivity index (χ1n) is 12.2. The van der Waals surface area contributed by atoms with E-state index in [4.69, 9.17) is 11.6 Å². The van der Waals surface area contributed by atoms with Crippen LogP contribution >= 0.6 is 11.6 Å². The highest BCUT2D eigenvalue weighted by Crippen LogP contribution is 2.38. The van der Waals surface area contributed by atoms with Crippen molar-refractivity contribution in [1.82, 2.24) is 15.6 Å². The van der Waals surface area contributed by atoms with Crippen molar-refractivity contribution in [2.24, 2.45) is 5.92 Å². The van der Waals surface area contributed by atoms with E-state index in [-0.39, 0.29) is 23.7 Å². The van der Waals surface area contributed by atoms with E-state index in [1.165, 1.54) is 18.3 Å². The number of urea groups is 1. The van der Waals surface area contributed by atoms with E-state index in [9.17, 15) is 22.4 Å². The molecule has 4 nitrogen and oxygen atoms in total. The number of alkyl halides is 3. The summed E-state index contributed by atoms with van der Waals surface area (Å²) < 4.78 is 55.8. The van der Waals surface area contributed by atoms with Crippen molar-refractivity contribution in [1.29, 1.82) is 0 Å². The average Bonchev–Trinajstić information content (AvgIpc) is 2.85. The molecule has 1 atom stereocenters. The van der Waals surface area contributed by atoms with Crippen LogP contribution in [0.4, 0.5) is 22.4 Å². The van der Waals surface area contributed by atoms with Gasteiger partial charge in [0.15, 0.2) is 0 Å². The molecule has 196 valence electrons. The van der Waals surface area contributed by atoms with Gasteiger partial charge in [0.2, 0.25) is 0 Å². The number of aromatic nitrogens is 1. The molecule has 1 saturated carbocycles. The highest BCUT2D eigenvalue weighted by Gasteiger charge is 2.41. The minimum atomic E-state index is -4.79. The van der Waals surface area contributed by atoms with Gasteiger partial charge >= 0.3 is 12.2 Å². The molecule has 0 unspecified atom stereocenters. The Morgan fingerprint density at radius 1 is 1.00 bits per heavy atom. The van der Waals surface area contributed by atoms with E-state index in [1.54, 1.807) is 30.3 Å². The average molecular weight is 534 g/mol. The minimum absolute atomic E-state index is 0.0261. The number of carbonyl (C=O) groups is 1. The molecule has 3 aromatic rings. The SMILES string of the molecule is C[C@H]1CC[C@H](NC(=O)N[C@@](Cc2ccccc2)(c2cc(F)cc(C(F)(F)F)c2)c2ccc(Cl)cn2)CC1. The fraction of sp³-hybridized carbons (Fsp3) is 0.357. The highest BCUT2D eigenvalue weighted by molar-refractivity contribution is 6.30. The Kier molecular flexibility index (Phi) is 8.07. The normalized spacial score (nSPS) is 19.6. The summed E-state index contributed by atoms with van der Waals surface area (Å²) in [5.41, 5.74) is -1.92. The molecule has 0 radical (unpaired) electrons. The smallest absolute Gasteiger partial charge is 0.335 e. The first kappa shape index (κ1) is 26.9. The third-order valence-electron chi connectivity index (χ3n) is 6.87. The van der Waals surface area contributed by atoms with Gasteiger partial charge in [-0.05, 0) is 73.1 Å². The molecule has 37 heavy (non-hydrogen) atoms. The Hall–Kier alpha value is -3.13. The third-order valence-corrected chi connectivity index (χ3v) is 7.10. The van der Waals surface area contributed by atoms with Crippen LogP contribution in [-0.4, -0.2) is 17.1 Å². The predicted octanol–water partition coefficient (Wildman–Crippen LogP) is 7.26. The second-order valence-corrected chi connectivity index (χ2v) is 10.1. The van der Waals surface area contributed by atoms with Crippen LogP contribution in [0.5, 0.6) is 0 Å². The Bertz CT molecular complexity index is 1210. The van der Waals surface area contributed by atoms with Gasteiger partial charge in [0, 0.05) is 18.7 Å². The summed E-state index contributed by atoms with van der Waals surface area (Å²) in [4.78, 5) is 17.8. The lowest BCUT2D eigenvalue weighted by Crippen LogP contribution is -2.54. The second-order valence-electron chi connectivity index (χ2n) is 9.71. The summed E-state index contributed by atoms with van der Waals surface area (Å²) in [6.07, 6.45) is 0.134. The van der Waals surface area contributed by atoms with E-state index in [0.29, 0.717) is 22.6 Å². The fourth-order valence-corrected chi connectivity index (χ4v) is 4.98. The lowest BCUT2D eigenvalue weighted by molar-refractivity contribution is -0.137. The Morgan fingerprint density at radius 3 is 2.30 bits per heavy atom. The standard InChI is InChI=1S/C28H28ClF4N3O/c1-18-7-10-24(11-8-18)35-26(37)36-27(16-19-5-3-2-4-6-19,25-12-9-22(29)17-34-25)20-13-21(28(31,32)33)15-23(30)14-20/h2-6,9,12-15,17-18,24H,7-8,10-11,16H2,1H3,(H2,35,36,37)/t18-,24-,27-/m0/s1. The van der Waals surface area contributed by atoms with Gasteiger partial charge in [-0.25, -0.2) is 9.18 Å². The number of hydrogen-bond donors (Lipinski definition) is 2. The van der Waals surface area contributed by atoms with Crippen LogP contribution in [-0.2, 0) is 18.1 Å². The number of hydrogen-bond acceptors (Lipinski definition) is 2. The van der Waals surface area contributed by atoms with Crippen LogP contribution < -0.4 is 10.6 Å². The molecule has 0 saturated heterocycles. The second kappa shape index (κ2) is 11.1. The summed E-state index contributed by atoms with van der Waals surface area (Å²) in [6, 6.07) is 13.7. The van der Waals surface area contributed by atoms with E-state index >= 15 is 0 Å². The number of rotatable bonds is 6. The third kappa shape index (κ3) is 6.60. The van der Waals surface area contributed by atoms with Crippen molar-refractivity contribution in [3.05, 3.63) is 100 Å². The monoisotopic (exact) mass is 533 g/mol. The summed E-state index contributed by atoms with van der Waals surface area (Å²) in [5, 5.41) is 6.19. The number of carbonyl (C=O) groups excluding carboxylic acids is 1. The van der Waals surface area contributed by atoms with Crippen LogP contribution in [0.2, 0.25) is 5.02 Å². The molecular formula is C28H28ClF4N3O. The maximum Gasteiger partial charge on any atom is 0.416 e. The van der Waals surface area contributed by atoms with E-state index in [2.05, 4.69) is 22.5 Å². The molecule has 1 fully saturated rings. The van der Waals surface area contributed by atoms with Gasteiger partial charge in [0.25, 0.3) is 0 Å². The molecule has 0 bridgehead atoms. The van der Waals surface area contributed by atoms with Crippen molar-refractivity contribution < 1.29 is 22.4 Å². The van der Waals surface area contributed by atoms with Gasteiger partial charge in [-0.2, -0.15) is 13.2 Å². The van der Waals surface area contributed by atoms with E-state index in [1.807, 2.05) is 0 Å². The molecular weight excluding hydrogens is 506 g/mol. The van der Waals surface area contributed by atoms with Gasteiger partial charge < -0.3 is 10.6 Å². The number of pyridine rings is 1. The molecule has 0 spiro atoms. The van der Waals surface area contributed by atoms with Crippen LogP contribution in [0.25, 0.3) is 0 Å². The first-order chi connectivity index (χ1) is 17.5. The molecule has 2 aromatic carbocycles. The number of amides is 2. The zero-order valence-electron chi connectivity index (χ0n) is 20.3. The predicted molar refractivity (Wildman–Crippen MR) is 135 cm³/mol. The van der Waals surface area contributed by atoms with Crippen molar-refractivity contribution in [2.75, 3.05) is 0 Å². The van der Waals surface area contributed by atoms with Crippen molar-refractivity contribution in [2.45, 2.75) is 56.8 Å². The maximum absolute atomic E-state index is 14.7. The fourth-order valence-electron chi connectivity index (χ4n) is 4.87. The quantitative estimate of drug-likeness (QED) is 0.328. The molecule has 2 N–H and O–H groups in total. The molecule has 9 heteroatoms. The maximum atomic E-state index is 14.7. The molecule has 4 rings (SSSR count). The molecule has 1 aliphatic rings. The van der Waals surface area contributed by atoms with Crippen LogP contribution in [0, 0.1) is 11.7 Å². The van der Waals surface area contributed by atoms with Crippen LogP contribution in [0.1, 0.15) is 55.0 Å². The van der Waals surface area contributed by atoms with Crippen molar-refractivity contribution >= 4 is 17.6 Å². The zero-order valence-corrected chi connectivity index (χ0v) is 21.0. The summed E-state index contributed by atoms with van der Waals surface area (Å²) in [6.45, 7) is 2.16. The molecule has 1 aromatic heterocycles. The zero-order chi connectivity index (χ0) is 26.6. The largest absolute Gasteiger partial charge is 0.416 e. The van der Waals surface area contributed by atoms with E-state index in [0.717, 1.165) is 37.8 Å². The van der Waals surface area contributed by atoms with Gasteiger partial charge in [0.1, 0.15) is 11.4 Å². The number of nitrogens with one attached hydrogen (secondary N) is 2.